The molecular formula is C32H47FN2O8. The predicted molar refractivity (Wildman–Crippen MR) is 156 cm³/mol. The Kier molecular flexibility index (Phi) is 10.3. The summed E-state index contributed by atoms with van der Waals surface area (Å²) in [5.41, 5.74) is -1.44. The number of nitrogens with one attached hydrogen (secondary N) is 1. The summed E-state index contributed by atoms with van der Waals surface area (Å²) in [6.07, 6.45) is 2.87. The highest BCUT2D eigenvalue weighted by atomic mass is 19.1. The smallest absolute Gasteiger partial charge is 0.410 e. The SMILES string of the molecule is CC(C)(C)OC(=O)CCOc1cccc(F)c1C1CCC(OCC2N(C(=O)OC(C)(C)C)CCC23COCC(=O)N3)CC1. The first-order valence-corrected chi connectivity index (χ1v) is 15.3. The van der Waals surface area contributed by atoms with Crippen LogP contribution in [0.5, 0.6) is 5.75 Å². The number of amides is 2. The van der Waals surface area contributed by atoms with Gasteiger partial charge in [-0.15, -0.1) is 0 Å². The van der Waals surface area contributed by atoms with Gasteiger partial charge >= 0.3 is 12.1 Å². The van der Waals surface area contributed by atoms with Crippen molar-refractivity contribution in [3.8, 4) is 5.75 Å². The van der Waals surface area contributed by atoms with E-state index >= 15 is 4.39 Å². The van der Waals surface area contributed by atoms with E-state index in [4.69, 9.17) is 23.7 Å². The lowest BCUT2D eigenvalue weighted by atomic mass is 9.82. The van der Waals surface area contributed by atoms with E-state index in [-0.39, 0.29) is 56.0 Å². The standard InChI is InChI=1S/C32H47FN2O8/c1-30(2,3)42-27(37)14-17-40-24-9-7-8-23(33)28(24)21-10-12-22(13-11-21)41-18-25-32(20-39-19-26(36)34-32)15-16-35(25)29(38)43-31(4,5)6/h7-9,21-22,25H,10-20H2,1-6H3,(H,34,36). The van der Waals surface area contributed by atoms with Crippen LogP contribution in [0.25, 0.3) is 0 Å². The maximum Gasteiger partial charge on any atom is 0.410 e. The molecule has 1 aliphatic carbocycles. The largest absolute Gasteiger partial charge is 0.493 e. The van der Waals surface area contributed by atoms with Gasteiger partial charge in [0, 0.05) is 12.1 Å². The molecule has 0 bridgehead atoms. The highest BCUT2D eigenvalue weighted by molar-refractivity contribution is 5.79. The molecule has 2 heterocycles. The second kappa shape index (κ2) is 13.4. The molecule has 1 saturated carbocycles. The van der Waals surface area contributed by atoms with Gasteiger partial charge in [-0.1, -0.05) is 6.07 Å². The zero-order chi connectivity index (χ0) is 31.4. The van der Waals surface area contributed by atoms with E-state index in [1.54, 1.807) is 17.0 Å². The molecule has 2 aliphatic heterocycles. The maximum atomic E-state index is 15.1. The van der Waals surface area contributed by atoms with Crippen molar-refractivity contribution in [2.24, 2.45) is 0 Å². The van der Waals surface area contributed by atoms with Gasteiger partial charge in [-0.3, -0.25) is 9.59 Å². The molecule has 1 spiro atoms. The summed E-state index contributed by atoms with van der Waals surface area (Å²) in [5, 5.41) is 3.07. The van der Waals surface area contributed by atoms with Crippen LogP contribution in [-0.4, -0.2) is 84.7 Å². The monoisotopic (exact) mass is 606 g/mol. The van der Waals surface area contributed by atoms with E-state index in [0.717, 1.165) is 0 Å². The van der Waals surface area contributed by atoms with Crippen molar-refractivity contribution in [3.63, 3.8) is 0 Å². The number of ether oxygens (including phenoxy) is 5. The van der Waals surface area contributed by atoms with Crippen LogP contribution in [-0.2, 0) is 28.5 Å². The molecule has 2 saturated heterocycles. The fraction of sp³-hybridized carbons (Fsp3) is 0.719. The van der Waals surface area contributed by atoms with Crippen LogP contribution in [0, 0.1) is 5.82 Å². The third-order valence-electron chi connectivity index (χ3n) is 7.99. The highest BCUT2D eigenvalue weighted by Crippen LogP contribution is 2.40. The summed E-state index contributed by atoms with van der Waals surface area (Å²) in [6, 6.07) is 4.34. The van der Waals surface area contributed by atoms with Gasteiger partial charge < -0.3 is 33.9 Å². The Morgan fingerprint density at radius 3 is 2.42 bits per heavy atom. The minimum atomic E-state index is -0.734. The molecule has 3 aliphatic rings. The summed E-state index contributed by atoms with van der Waals surface area (Å²) in [4.78, 5) is 39.1. The minimum Gasteiger partial charge on any atom is -0.493 e. The van der Waals surface area contributed by atoms with E-state index in [9.17, 15) is 14.4 Å². The minimum absolute atomic E-state index is 0.00543. The number of hydrogen-bond acceptors (Lipinski definition) is 8. The van der Waals surface area contributed by atoms with Crippen LogP contribution >= 0.6 is 0 Å². The number of rotatable bonds is 8. The summed E-state index contributed by atoms with van der Waals surface area (Å²) >= 11 is 0. The number of hydrogen-bond donors (Lipinski definition) is 1. The average Bonchev–Trinajstić information content (AvgIpc) is 3.22. The first kappa shape index (κ1) is 33.0. The Bertz CT molecular complexity index is 1160. The zero-order valence-electron chi connectivity index (χ0n) is 26.3. The molecular weight excluding hydrogens is 559 g/mol. The molecule has 1 aromatic carbocycles. The van der Waals surface area contributed by atoms with Gasteiger partial charge in [-0.25, -0.2) is 9.18 Å². The van der Waals surface area contributed by atoms with E-state index in [0.29, 0.717) is 56.6 Å². The maximum absolute atomic E-state index is 15.1. The van der Waals surface area contributed by atoms with Crippen LogP contribution in [0.2, 0.25) is 0 Å². The van der Waals surface area contributed by atoms with Crippen molar-refractivity contribution in [2.45, 2.75) is 115 Å². The molecule has 11 heteroatoms. The third-order valence-corrected chi connectivity index (χ3v) is 7.99. The molecule has 43 heavy (non-hydrogen) atoms. The predicted octanol–water partition coefficient (Wildman–Crippen LogP) is 4.87. The Morgan fingerprint density at radius 2 is 1.77 bits per heavy atom. The summed E-state index contributed by atoms with van der Waals surface area (Å²) < 4.78 is 43.9. The quantitative estimate of drug-likeness (QED) is 0.417. The second-order valence-electron chi connectivity index (χ2n) is 13.8. The van der Waals surface area contributed by atoms with Crippen molar-refractivity contribution in [1.82, 2.24) is 10.2 Å². The molecule has 2 amide bonds. The van der Waals surface area contributed by atoms with E-state index < -0.39 is 28.9 Å². The summed E-state index contributed by atoms with van der Waals surface area (Å²) in [6.45, 7) is 11.9. The van der Waals surface area contributed by atoms with Gasteiger partial charge in [0.15, 0.2) is 0 Å². The molecule has 3 fully saturated rings. The van der Waals surface area contributed by atoms with Crippen LogP contribution in [0.3, 0.4) is 0 Å². The second-order valence-corrected chi connectivity index (χ2v) is 13.8. The molecule has 240 valence electrons. The van der Waals surface area contributed by atoms with E-state index in [1.807, 2.05) is 41.5 Å². The van der Waals surface area contributed by atoms with Crippen molar-refractivity contribution >= 4 is 18.0 Å². The number of halogens is 1. The molecule has 1 aromatic rings. The zero-order valence-corrected chi connectivity index (χ0v) is 26.3. The van der Waals surface area contributed by atoms with Crippen molar-refractivity contribution in [1.29, 1.82) is 0 Å². The normalized spacial score (nSPS) is 26.3. The number of carbonyl (C=O) groups excluding carboxylic acids is 3. The van der Waals surface area contributed by atoms with Gasteiger partial charge in [0.25, 0.3) is 0 Å². The van der Waals surface area contributed by atoms with Crippen LogP contribution < -0.4 is 10.1 Å². The molecule has 10 nitrogen and oxygen atoms in total. The average molecular weight is 607 g/mol. The topological polar surface area (TPSA) is 113 Å². The Morgan fingerprint density at radius 1 is 1.07 bits per heavy atom. The lowest BCUT2D eigenvalue weighted by Gasteiger charge is -2.41. The number of nitrogens with zero attached hydrogens (tertiary/aromatic N) is 1. The third kappa shape index (κ3) is 8.81. The summed E-state index contributed by atoms with van der Waals surface area (Å²) in [5.74, 6) is -0.511. The van der Waals surface area contributed by atoms with Gasteiger partial charge in [-0.2, -0.15) is 0 Å². The number of benzene rings is 1. The number of carbonyl (C=O) groups is 3. The van der Waals surface area contributed by atoms with Crippen molar-refractivity contribution in [3.05, 3.63) is 29.6 Å². The highest BCUT2D eigenvalue weighted by Gasteiger charge is 2.53. The van der Waals surface area contributed by atoms with Crippen LogP contribution in [0.1, 0.15) is 91.5 Å². The van der Waals surface area contributed by atoms with E-state index in [1.165, 1.54) is 6.07 Å². The van der Waals surface area contributed by atoms with Crippen molar-refractivity contribution < 1.29 is 42.5 Å². The first-order valence-electron chi connectivity index (χ1n) is 15.3. The fourth-order valence-corrected chi connectivity index (χ4v) is 6.14. The lowest BCUT2D eigenvalue weighted by molar-refractivity contribution is -0.155. The number of esters is 1. The Balaban J connectivity index is 1.36. The molecule has 2 unspecified atom stereocenters. The van der Waals surface area contributed by atoms with Gasteiger partial charge in [0.05, 0.1) is 43.9 Å². The van der Waals surface area contributed by atoms with Crippen LogP contribution in [0.15, 0.2) is 18.2 Å². The van der Waals surface area contributed by atoms with Gasteiger partial charge in [0.1, 0.15) is 29.4 Å². The van der Waals surface area contributed by atoms with E-state index in [2.05, 4.69) is 5.32 Å². The lowest BCUT2D eigenvalue weighted by Crippen LogP contribution is -2.65. The Hall–Kier alpha value is -2.92. The molecule has 0 aromatic heterocycles. The molecule has 1 N–H and O–H groups in total. The molecule has 2 atom stereocenters. The molecule has 0 radical (unpaired) electrons. The first-order chi connectivity index (χ1) is 20.2. The Labute approximate surface area is 253 Å². The van der Waals surface area contributed by atoms with Crippen molar-refractivity contribution in [2.75, 3.05) is 33.0 Å². The fourth-order valence-electron chi connectivity index (χ4n) is 6.14. The van der Waals surface area contributed by atoms with Gasteiger partial charge in [-0.05, 0) is 91.7 Å². The molecule has 4 rings (SSSR count). The number of likely N-dealkylation sites (tertiary alicyclic amines) is 1. The number of morpholine rings is 1. The van der Waals surface area contributed by atoms with Crippen LogP contribution in [0.4, 0.5) is 9.18 Å². The summed E-state index contributed by atoms with van der Waals surface area (Å²) in [7, 11) is 0. The van der Waals surface area contributed by atoms with Gasteiger partial charge in [0.2, 0.25) is 5.91 Å².